The van der Waals surface area contributed by atoms with E-state index >= 15 is 0 Å². The Morgan fingerprint density at radius 3 is 2.95 bits per heavy atom. The number of nitrogens with zero attached hydrogens (tertiary/aromatic N) is 4. The van der Waals surface area contributed by atoms with Gasteiger partial charge in [-0.05, 0) is 14.0 Å². The normalized spacial score (nSPS) is 20.3. The summed E-state index contributed by atoms with van der Waals surface area (Å²) in [5.41, 5.74) is 2.54. The van der Waals surface area contributed by atoms with E-state index in [2.05, 4.69) is 26.9 Å². The second-order valence-corrected chi connectivity index (χ2v) is 5.84. The lowest BCUT2D eigenvalue weighted by Crippen LogP contribution is -2.49. The van der Waals surface area contributed by atoms with Gasteiger partial charge in [-0.1, -0.05) is 0 Å². The fraction of sp³-hybridized carbons (Fsp3) is 0.462. The van der Waals surface area contributed by atoms with Crippen LogP contribution in [0.2, 0.25) is 0 Å². The monoisotopic (exact) mass is 291 g/mol. The number of hydrogen-bond acceptors (Lipinski definition) is 5. The Balaban J connectivity index is 1.79. The smallest absolute Gasteiger partial charge is 0.265 e. The van der Waals surface area contributed by atoms with E-state index in [0.29, 0.717) is 6.54 Å². The van der Waals surface area contributed by atoms with Crippen molar-refractivity contribution in [3.63, 3.8) is 0 Å². The molecule has 1 amide bonds. The number of thiazole rings is 1. The van der Waals surface area contributed by atoms with Crippen LogP contribution in [0.5, 0.6) is 0 Å². The molecule has 0 saturated carbocycles. The number of H-pyrrole nitrogens is 1. The zero-order chi connectivity index (χ0) is 14.1. The number of amides is 1. The number of carbonyl (C=O) groups is 1. The van der Waals surface area contributed by atoms with Crippen LogP contribution in [0.3, 0.4) is 0 Å². The summed E-state index contributed by atoms with van der Waals surface area (Å²) in [5.74, 6) is 0.987. The van der Waals surface area contributed by atoms with Crippen molar-refractivity contribution in [2.45, 2.75) is 13.0 Å². The van der Waals surface area contributed by atoms with Gasteiger partial charge in [0.1, 0.15) is 10.7 Å². The Bertz CT molecular complexity index is 594. The maximum Gasteiger partial charge on any atom is 0.265 e. The van der Waals surface area contributed by atoms with Gasteiger partial charge in [-0.3, -0.25) is 9.69 Å². The Morgan fingerprint density at radius 2 is 2.30 bits per heavy atom. The first-order valence-electron chi connectivity index (χ1n) is 6.55. The summed E-state index contributed by atoms with van der Waals surface area (Å²) in [6.45, 7) is 4.11. The minimum absolute atomic E-state index is 0.0784. The van der Waals surface area contributed by atoms with Crippen LogP contribution in [0, 0.1) is 6.92 Å². The second-order valence-electron chi connectivity index (χ2n) is 4.99. The van der Waals surface area contributed by atoms with Gasteiger partial charge in [-0.2, -0.15) is 0 Å². The van der Waals surface area contributed by atoms with Gasteiger partial charge in [0.2, 0.25) is 0 Å². The molecule has 3 rings (SSSR count). The summed E-state index contributed by atoms with van der Waals surface area (Å²) in [6, 6.07) is 0.121. The molecular weight excluding hydrogens is 274 g/mol. The number of aryl methyl sites for hydroxylation is 1. The van der Waals surface area contributed by atoms with Crippen molar-refractivity contribution in [3.05, 3.63) is 34.3 Å². The maximum atomic E-state index is 12.6. The summed E-state index contributed by atoms with van der Waals surface area (Å²) < 4.78 is 0. The molecule has 20 heavy (non-hydrogen) atoms. The topological polar surface area (TPSA) is 65.1 Å². The highest BCUT2D eigenvalue weighted by molar-refractivity contribution is 7.11. The quantitative estimate of drug-likeness (QED) is 0.906. The van der Waals surface area contributed by atoms with Crippen LogP contribution >= 0.6 is 11.3 Å². The third-order valence-electron chi connectivity index (χ3n) is 3.71. The largest absolute Gasteiger partial charge is 0.347 e. The van der Waals surface area contributed by atoms with Crippen LogP contribution in [0.1, 0.15) is 27.2 Å². The van der Waals surface area contributed by atoms with Crippen molar-refractivity contribution in [1.29, 1.82) is 0 Å². The Kier molecular flexibility index (Phi) is 3.54. The number of piperazine rings is 1. The van der Waals surface area contributed by atoms with E-state index in [9.17, 15) is 4.79 Å². The molecule has 2 aromatic rings. The lowest BCUT2D eigenvalue weighted by atomic mass is 10.1. The molecule has 0 bridgehead atoms. The van der Waals surface area contributed by atoms with Crippen molar-refractivity contribution < 1.29 is 4.79 Å². The molecule has 1 saturated heterocycles. The van der Waals surface area contributed by atoms with Crippen molar-refractivity contribution in [3.8, 4) is 0 Å². The van der Waals surface area contributed by atoms with Crippen LogP contribution in [0.4, 0.5) is 0 Å². The molecule has 3 heterocycles. The van der Waals surface area contributed by atoms with E-state index in [-0.39, 0.29) is 11.9 Å². The van der Waals surface area contributed by atoms with Gasteiger partial charge in [-0.15, -0.1) is 11.3 Å². The molecule has 1 aliphatic rings. The van der Waals surface area contributed by atoms with Crippen LogP contribution in [-0.2, 0) is 0 Å². The number of aromatic amines is 1. The molecule has 1 aliphatic heterocycles. The molecule has 1 fully saturated rings. The van der Waals surface area contributed by atoms with Crippen LogP contribution in [0.25, 0.3) is 0 Å². The Morgan fingerprint density at radius 1 is 1.45 bits per heavy atom. The highest BCUT2D eigenvalue weighted by atomic mass is 32.1. The van der Waals surface area contributed by atoms with E-state index < -0.39 is 0 Å². The molecule has 0 radical (unpaired) electrons. The lowest BCUT2D eigenvalue weighted by molar-refractivity contribution is 0.0538. The number of nitrogens with one attached hydrogen (secondary N) is 1. The van der Waals surface area contributed by atoms with Gasteiger partial charge in [-0.25, -0.2) is 9.97 Å². The zero-order valence-corrected chi connectivity index (χ0v) is 12.4. The van der Waals surface area contributed by atoms with E-state index in [1.54, 1.807) is 11.7 Å². The zero-order valence-electron chi connectivity index (χ0n) is 11.5. The fourth-order valence-corrected chi connectivity index (χ4v) is 3.23. The number of rotatable bonds is 2. The Hall–Kier alpha value is -1.73. The summed E-state index contributed by atoms with van der Waals surface area (Å²) in [6.07, 6.45) is 3.56. The number of carbonyl (C=O) groups excluding carboxylic acids is 1. The number of likely N-dealkylation sites (N-methyl/N-ethyl adjacent to an activating group) is 1. The van der Waals surface area contributed by atoms with Gasteiger partial charge in [0.05, 0.1) is 17.2 Å². The Labute approximate surface area is 121 Å². The second kappa shape index (κ2) is 5.34. The first-order chi connectivity index (χ1) is 9.66. The molecular formula is C13H17N5OS. The molecule has 0 unspecified atom stereocenters. The minimum Gasteiger partial charge on any atom is -0.347 e. The predicted molar refractivity (Wildman–Crippen MR) is 76.7 cm³/mol. The van der Waals surface area contributed by atoms with Crippen LogP contribution in [-0.4, -0.2) is 57.3 Å². The predicted octanol–water partition coefficient (Wildman–Crippen LogP) is 1.30. The lowest BCUT2D eigenvalue weighted by Gasteiger charge is -2.38. The van der Waals surface area contributed by atoms with Crippen LogP contribution in [0.15, 0.2) is 17.9 Å². The molecule has 1 N–H and O–H groups in total. The third kappa shape index (κ3) is 2.34. The molecule has 0 spiro atoms. The fourth-order valence-electron chi connectivity index (χ4n) is 2.46. The summed E-state index contributed by atoms with van der Waals surface area (Å²) in [5, 5.41) is 0. The van der Waals surface area contributed by atoms with E-state index in [1.165, 1.54) is 11.3 Å². The van der Waals surface area contributed by atoms with Crippen molar-refractivity contribution in [2.75, 3.05) is 26.7 Å². The average molecular weight is 291 g/mol. The van der Waals surface area contributed by atoms with E-state index in [4.69, 9.17) is 0 Å². The van der Waals surface area contributed by atoms with Crippen molar-refractivity contribution >= 4 is 17.2 Å². The first-order valence-corrected chi connectivity index (χ1v) is 7.43. The summed E-state index contributed by atoms with van der Waals surface area (Å²) in [7, 11) is 2.06. The number of aromatic nitrogens is 3. The average Bonchev–Trinajstić information content (AvgIpc) is 3.09. The van der Waals surface area contributed by atoms with Gasteiger partial charge in [0, 0.05) is 32.0 Å². The standard InChI is InChI=1S/C13H17N5OS/c1-9-11(20-8-16-9)13(19)18-6-5-17(2)10(7-18)12-14-3-4-15-12/h3-4,8,10H,5-7H2,1-2H3,(H,14,15)/t10-/m0/s1. The van der Waals surface area contributed by atoms with E-state index in [1.807, 2.05) is 18.0 Å². The SMILES string of the molecule is Cc1ncsc1C(=O)N1CCN(C)[C@H](c2ncc[nH]2)C1. The van der Waals surface area contributed by atoms with Gasteiger partial charge >= 0.3 is 0 Å². The molecule has 1 atom stereocenters. The van der Waals surface area contributed by atoms with Crippen molar-refractivity contribution in [2.24, 2.45) is 0 Å². The maximum absolute atomic E-state index is 12.6. The number of hydrogen-bond donors (Lipinski definition) is 1. The van der Waals surface area contributed by atoms with Gasteiger partial charge < -0.3 is 9.88 Å². The van der Waals surface area contributed by atoms with E-state index in [0.717, 1.165) is 29.5 Å². The van der Waals surface area contributed by atoms with Gasteiger partial charge in [0.25, 0.3) is 5.91 Å². The van der Waals surface area contributed by atoms with Gasteiger partial charge in [0.15, 0.2) is 0 Å². The summed E-state index contributed by atoms with van der Waals surface area (Å²) in [4.78, 5) is 29.0. The number of imidazole rings is 1. The van der Waals surface area contributed by atoms with Crippen LogP contribution < -0.4 is 0 Å². The molecule has 0 aliphatic carbocycles. The molecule has 7 heteroatoms. The highest BCUT2D eigenvalue weighted by Gasteiger charge is 2.31. The molecule has 106 valence electrons. The highest BCUT2D eigenvalue weighted by Crippen LogP contribution is 2.24. The minimum atomic E-state index is 0.0784. The third-order valence-corrected chi connectivity index (χ3v) is 4.63. The molecule has 0 aromatic carbocycles. The molecule has 2 aromatic heterocycles. The van der Waals surface area contributed by atoms with Crippen molar-refractivity contribution in [1.82, 2.24) is 24.8 Å². The first kappa shape index (κ1) is 13.3. The molecule has 6 nitrogen and oxygen atoms in total. The summed E-state index contributed by atoms with van der Waals surface area (Å²) >= 11 is 1.41.